The number of hydrogen-bond donors (Lipinski definition) is 2. The van der Waals surface area contributed by atoms with Crippen LogP contribution in [0, 0.1) is 17.2 Å². The molecule has 2 aliphatic carbocycles. The minimum atomic E-state index is -0.771. The fourth-order valence-electron chi connectivity index (χ4n) is 3.98. The largest absolute Gasteiger partial charge is 0.395 e. The number of nitrogens with one attached hydrogen (secondary N) is 1. The number of nitrogens with zero attached hydrogens (tertiary/aromatic N) is 2. The third kappa shape index (κ3) is 4.02. The number of carbonyl (C=O) groups is 1. The topological polar surface area (TPSA) is 76.4 Å². The maximum Gasteiger partial charge on any atom is 0.235 e. The average molecular weight is 341 g/mol. The Kier molecular flexibility index (Phi) is 5.41. The zero-order valence-electron chi connectivity index (χ0n) is 14.9. The Morgan fingerprint density at radius 3 is 2.84 bits per heavy atom. The molecule has 0 aliphatic heterocycles. The first kappa shape index (κ1) is 17.9. The number of amides is 1. The highest BCUT2D eigenvalue weighted by Gasteiger charge is 2.43. The lowest BCUT2D eigenvalue weighted by Gasteiger charge is -2.36. The van der Waals surface area contributed by atoms with E-state index in [-0.39, 0.29) is 31.0 Å². The molecule has 5 heteroatoms. The smallest absolute Gasteiger partial charge is 0.235 e. The minimum absolute atomic E-state index is 0.0179. The second kappa shape index (κ2) is 7.55. The summed E-state index contributed by atoms with van der Waals surface area (Å²) in [4.78, 5) is 14.7. The monoisotopic (exact) mass is 341 g/mol. The zero-order chi connectivity index (χ0) is 17.9. The van der Waals surface area contributed by atoms with E-state index in [0.29, 0.717) is 6.54 Å². The molecule has 1 amide bonds. The molecule has 0 radical (unpaired) electrons. The van der Waals surface area contributed by atoms with Crippen LogP contribution in [0.5, 0.6) is 0 Å². The van der Waals surface area contributed by atoms with Gasteiger partial charge in [-0.2, -0.15) is 5.26 Å². The highest BCUT2D eigenvalue weighted by atomic mass is 16.3. The lowest BCUT2D eigenvalue weighted by atomic mass is 9.86. The van der Waals surface area contributed by atoms with E-state index in [1.54, 1.807) is 0 Å². The summed E-state index contributed by atoms with van der Waals surface area (Å²) in [5, 5.41) is 21.9. The molecule has 0 bridgehead atoms. The summed E-state index contributed by atoms with van der Waals surface area (Å²) < 4.78 is 0. The Hall–Kier alpha value is -1.90. The number of hydrogen-bond acceptors (Lipinski definition) is 4. The molecule has 0 spiro atoms. The van der Waals surface area contributed by atoms with Gasteiger partial charge in [-0.25, -0.2) is 0 Å². The number of fused-ring (bicyclic) bond motifs is 1. The fraction of sp³-hybridized carbons (Fsp3) is 0.600. The van der Waals surface area contributed by atoms with Crippen molar-refractivity contribution in [2.24, 2.45) is 5.92 Å². The van der Waals surface area contributed by atoms with Gasteiger partial charge in [0.2, 0.25) is 5.91 Å². The maximum absolute atomic E-state index is 12.6. The second-order valence-electron chi connectivity index (χ2n) is 7.44. The van der Waals surface area contributed by atoms with Crippen LogP contribution in [-0.2, 0) is 11.2 Å². The third-order valence-electron chi connectivity index (χ3n) is 5.54. The molecule has 5 nitrogen and oxygen atoms in total. The highest BCUT2D eigenvalue weighted by Crippen LogP contribution is 2.39. The van der Waals surface area contributed by atoms with Gasteiger partial charge in [0.15, 0.2) is 0 Å². The molecule has 2 atom stereocenters. The number of aliphatic hydroxyl groups is 1. The molecule has 2 aliphatic rings. The molecule has 1 aromatic carbocycles. The molecule has 0 saturated heterocycles. The van der Waals surface area contributed by atoms with Crippen LogP contribution in [0.15, 0.2) is 24.3 Å². The first-order valence-electron chi connectivity index (χ1n) is 9.22. The van der Waals surface area contributed by atoms with Gasteiger partial charge in [-0.1, -0.05) is 24.3 Å². The quantitative estimate of drug-likeness (QED) is 0.797. The Morgan fingerprint density at radius 2 is 2.16 bits per heavy atom. The number of nitriles is 1. The Labute approximate surface area is 149 Å². The van der Waals surface area contributed by atoms with Gasteiger partial charge in [0.1, 0.15) is 5.54 Å². The predicted molar refractivity (Wildman–Crippen MR) is 95.7 cm³/mol. The number of carbonyl (C=O) groups excluding carboxylic acids is 1. The molecule has 1 saturated carbocycles. The van der Waals surface area contributed by atoms with Gasteiger partial charge in [-0.05, 0) is 56.1 Å². The maximum atomic E-state index is 12.6. The Bertz CT molecular complexity index is 665. The van der Waals surface area contributed by atoms with Crippen molar-refractivity contribution >= 4 is 5.91 Å². The van der Waals surface area contributed by atoms with Crippen LogP contribution in [0.4, 0.5) is 0 Å². The van der Waals surface area contributed by atoms with E-state index in [1.807, 2.05) is 13.0 Å². The van der Waals surface area contributed by atoms with Crippen LogP contribution in [0.25, 0.3) is 0 Å². The summed E-state index contributed by atoms with van der Waals surface area (Å²) in [7, 11) is 0. The number of benzene rings is 1. The van der Waals surface area contributed by atoms with Crippen molar-refractivity contribution in [3.05, 3.63) is 35.4 Å². The lowest BCUT2D eigenvalue weighted by molar-refractivity contribution is -0.124. The molecule has 0 aromatic heterocycles. The molecule has 2 unspecified atom stereocenters. The summed E-state index contributed by atoms with van der Waals surface area (Å²) in [6.07, 6.45) is 5.15. The summed E-state index contributed by atoms with van der Waals surface area (Å²) in [6, 6.07) is 10.8. The van der Waals surface area contributed by atoms with Crippen LogP contribution in [0.3, 0.4) is 0 Å². The fourth-order valence-corrected chi connectivity index (χ4v) is 3.98. The highest BCUT2D eigenvalue weighted by molar-refractivity contribution is 5.79. The Balaban J connectivity index is 1.72. The van der Waals surface area contributed by atoms with E-state index < -0.39 is 5.54 Å². The SMILES string of the molecule is CC(C#N)(NC(=O)CN(CCO)C1CCCc2ccccc21)C1CC1. The van der Waals surface area contributed by atoms with Crippen molar-refractivity contribution in [1.29, 1.82) is 5.26 Å². The van der Waals surface area contributed by atoms with Crippen molar-refractivity contribution in [3.8, 4) is 6.07 Å². The third-order valence-corrected chi connectivity index (χ3v) is 5.54. The number of aryl methyl sites for hydroxylation is 1. The molecular weight excluding hydrogens is 314 g/mol. The minimum Gasteiger partial charge on any atom is -0.395 e. The predicted octanol–water partition coefficient (Wildman–Crippen LogP) is 2.17. The molecule has 3 rings (SSSR count). The van der Waals surface area contributed by atoms with Crippen LogP contribution in [-0.4, -0.2) is 41.1 Å². The van der Waals surface area contributed by atoms with Gasteiger partial charge < -0.3 is 10.4 Å². The van der Waals surface area contributed by atoms with Gasteiger partial charge in [0.05, 0.1) is 19.2 Å². The van der Waals surface area contributed by atoms with Crippen LogP contribution in [0.1, 0.15) is 49.8 Å². The summed E-state index contributed by atoms with van der Waals surface area (Å²) in [6.45, 7) is 2.50. The van der Waals surface area contributed by atoms with Crippen molar-refractivity contribution in [2.75, 3.05) is 19.7 Å². The van der Waals surface area contributed by atoms with Gasteiger partial charge in [0, 0.05) is 12.6 Å². The first-order valence-corrected chi connectivity index (χ1v) is 9.22. The van der Waals surface area contributed by atoms with Crippen molar-refractivity contribution in [2.45, 2.75) is 50.6 Å². The molecule has 2 N–H and O–H groups in total. The van der Waals surface area contributed by atoms with E-state index in [4.69, 9.17) is 0 Å². The summed E-state index contributed by atoms with van der Waals surface area (Å²) in [5.74, 6) is 0.135. The van der Waals surface area contributed by atoms with E-state index >= 15 is 0 Å². The normalized spacial score (nSPS) is 21.9. The van der Waals surface area contributed by atoms with Gasteiger partial charge in [0.25, 0.3) is 0 Å². The van der Waals surface area contributed by atoms with E-state index in [9.17, 15) is 15.2 Å². The van der Waals surface area contributed by atoms with E-state index in [2.05, 4.69) is 34.5 Å². The van der Waals surface area contributed by atoms with Crippen molar-refractivity contribution < 1.29 is 9.90 Å². The second-order valence-corrected chi connectivity index (χ2v) is 7.44. The number of aliphatic hydroxyl groups excluding tert-OH is 1. The number of rotatable bonds is 7. The van der Waals surface area contributed by atoms with Gasteiger partial charge in [-0.3, -0.25) is 9.69 Å². The van der Waals surface area contributed by atoms with Gasteiger partial charge >= 0.3 is 0 Å². The van der Waals surface area contributed by atoms with E-state index in [1.165, 1.54) is 11.1 Å². The molecule has 25 heavy (non-hydrogen) atoms. The van der Waals surface area contributed by atoms with Crippen LogP contribution < -0.4 is 5.32 Å². The lowest BCUT2D eigenvalue weighted by Crippen LogP contribution is -2.51. The Morgan fingerprint density at radius 1 is 1.40 bits per heavy atom. The summed E-state index contributed by atoms with van der Waals surface area (Å²) in [5.41, 5.74) is 1.83. The van der Waals surface area contributed by atoms with Gasteiger partial charge in [-0.15, -0.1) is 0 Å². The summed E-state index contributed by atoms with van der Waals surface area (Å²) >= 11 is 0. The standard InChI is InChI=1S/C20H27N3O2/c1-20(14-21,16-9-10-16)22-19(25)13-23(11-12-24)18-8-4-6-15-5-2-3-7-17(15)18/h2-3,5,7,16,18,24H,4,6,8-13H2,1H3,(H,22,25). The van der Waals surface area contributed by atoms with Crippen molar-refractivity contribution in [1.82, 2.24) is 10.2 Å². The first-order chi connectivity index (χ1) is 12.1. The van der Waals surface area contributed by atoms with Crippen LogP contribution in [0.2, 0.25) is 0 Å². The molecule has 0 heterocycles. The molecule has 1 fully saturated rings. The average Bonchev–Trinajstić information content (AvgIpc) is 3.46. The zero-order valence-corrected chi connectivity index (χ0v) is 14.9. The molecule has 1 aromatic rings. The molecular formula is C20H27N3O2. The van der Waals surface area contributed by atoms with E-state index in [0.717, 1.165) is 32.1 Å². The van der Waals surface area contributed by atoms with Crippen LogP contribution >= 0.6 is 0 Å². The van der Waals surface area contributed by atoms with Crippen molar-refractivity contribution in [3.63, 3.8) is 0 Å². The molecule has 134 valence electrons.